The number of hydrogen-bond donors (Lipinski definition) is 0. The van der Waals surface area contributed by atoms with Crippen LogP contribution in [0.2, 0.25) is 0 Å². The van der Waals surface area contributed by atoms with Crippen LogP contribution in [0.25, 0.3) is 120 Å². The van der Waals surface area contributed by atoms with E-state index in [1.807, 2.05) is 23.5 Å². The molecule has 0 unspecified atom stereocenters. The van der Waals surface area contributed by atoms with Gasteiger partial charge in [0.15, 0.2) is 17.5 Å². The molecule has 3 heterocycles. The van der Waals surface area contributed by atoms with Crippen LogP contribution in [-0.4, -0.2) is 15.0 Å². The summed E-state index contributed by atoms with van der Waals surface area (Å²) < 4.78 is 9.20. The van der Waals surface area contributed by atoms with E-state index in [0.717, 1.165) is 55.0 Å². The highest BCUT2D eigenvalue weighted by Crippen LogP contribution is 2.46. The van der Waals surface area contributed by atoms with E-state index in [4.69, 9.17) is 19.4 Å². The first kappa shape index (κ1) is 31.2. The predicted molar refractivity (Wildman–Crippen MR) is 234 cm³/mol. The van der Waals surface area contributed by atoms with E-state index in [2.05, 4.69) is 164 Å². The fraction of sp³-hybridized carbons (Fsp3) is 0. The highest BCUT2D eigenvalue weighted by molar-refractivity contribution is 7.26. The SMILES string of the molecule is c1ccc2cc(-c3nc(-c4ccc5ccccc5c4)nc(-c4cccc5oc6cccc(-c7cccc8c7sc7cc9ccccc9cc78)c6c45)n3)ccc2c1. The van der Waals surface area contributed by atoms with Crippen LogP contribution in [0.4, 0.5) is 0 Å². The zero-order valence-corrected chi connectivity index (χ0v) is 30.7. The minimum absolute atomic E-state index is 0.598. The van der Waals surface area contributed by atoms with E-state index in [9.17, 15) is 0 Å². The maximum Gasteiger partial charge on any atom is 0.164 e. The second-order valence-electron chi connectivity index (χ2n) is 14.4. The number of aromatic nitrogens is 3. The number of rotatable bonds is 4. The number of nitrogens with zero attached hydrogens (tertiary/aromatic N) is 3. The summed E-state index contributed by atoms with van der Waals surface area (Å²) >= 11 is 1.85. The Labute approximate surface area is 325 Å². The summed E-state index contributed by atoms with van der Waals surface area (Å²) in [6.07, 6.45) is 0. The van der Waals surface area contributed by atoms with Crippen LogP contribution in [0, 0.1) is 0 Å². The molecular weight excluding hydrogens is 703 g/mol. The monoisotopic (exact) mass is 731 g/mol. The molecule has 0 aliphatic rings. The summed E-state index contributed by atoms with van der Waals surface area (Å²) in [5.41, 5.74) is 6.68. The molecule has 0 fully saturated rings. The van der Waals surface area contributed by atoms with Crippen LogP contribution in [-0.2, 0) is 0 Å². The lowest BCUT2D eigenvalue weighted by Gasteiger charge is -2.11. The Morgan fingerprint density at radius 1 is 0.357 bits per heavy atom. The maximum atomic E-state index is 6.66. The van der Waals surface area contributed by atoms with Crippen molar-refractivity contribution in [3.63, 3.8) is 0 Å². The second-order valence-corrected chi connectivity index (χ2v) is 15.4. The van der Waals surface area contributed by atoms with Crippen molar-refractivity contribution >= 4 is 85.8 Å². The number of thiophene rings is 1. The van der Waals surface area contributed by atoms with Crippen molar-refractivity contribution in [2.45, 2.75) is 0 Å². The zero-order valence-electron chi connectivity index (χ0n) is 29.9. The largest absolute Gasteiger partial charge is 0.456 e. The summed E-state index contributed by atoms with van der Waals surface area (Å²) in [5.74, 6) is 1.84. The fourth-order valence-electron chi connectivity index (χ4n) is 8.38. The van der Waals surface area contributed by atoms with E-state index >= 15 is 0 Å². The van der Waals surface area contributed by atoms with E-state index in [1.165, 1.54) is 47.3 Å². The van der Waals surface area contributed by atoms with Gasteiger partial charge in [-0.05, 0) is 74.3 Å². The Morgan fingerprint density at radius 3 is 1.50 bits per heavy atom. The van der Waals surface area contributed by atoms with Crippen molar-refractivity contribution in [2.24, 2.45) is 0 Å². The summed E-state index contributed by atoms with van der Waals surface area (Å²) in [4.78, 5) is 15.6. The average molecular weight is 732 g/mol. The van der Waals surface area contributed by atoms with Crippen LogP contribution in [0.5, 0.6) is 0 Å². The normalized spacial score (nSPS) is 11.9. The van der Waals surface area contributed by atoms with Crippen molar-refractivity contribution in [1.29, 1.82) is 0 Å². The van der Waals surface area contributed by atoms with Gasteiger partial charge in [0.1, 0.15) is 11.2 Å². The summed E-state index contributed by atoms with van der Waals surface area (Å²) in [6.45, 7) is 0. The highest BCUT2D eigenvalue weighted by atomic mass is 32.1. The average Bonchev–Trinajstić information content (AvgIpc) is 3.83. The molecule has 0 spiro atoms. The third-order valence-electron chi connectivity index (χ3n) is 11.1. The molecule has 0 aliphatic carbocycles. The molecule has 56 heavy (non-hydrogen) atoms. The molecule has 12 rings (SSSR count). The molecule has 0 N–H and O–H groups in total. The van der Waals surface area contributed by atoms with Gasteiger partial charge >= 0.3 is 0 Å². The van der Waals surface area contributed by atoms with Gasteiger partial charge in [0.2, 0.25) is 0 Å². The van der Waals surface area contributed by atoms with Gasteiger partial charge in [-0.25, -0.2) is 15.0 Å². The number of benzene rings is 9. The number of fused-ring (bicyclic) bond motifs is 9. The molecule has 260 valence electrons. The van der Waals surface area contributed by atoms with E-state index < -0.39 is 0 Å². The topological polar surface area (TPSA) is 51.8 Å². The summed E-state index contributed by atoms with van der Waals surface area (Å²) in [5, 5.41) is 11.7. The van der Waals surface area contributed by atoms with Crippen molar-refractivity contribution in [1.82, 2.24) is 15.0 Å². The highest BCUT2D eigenvalue weighted by Gasteiger charge is 2.22. The predicted octanol–water partition coefficient (Wildman–Crippen LogP) is 14.3. The van der Waals surface area contributed by atoms with E-state index in [0.29, 0.717) is 17.5 Å². The Kier molecular flexibility index (Phi) is 6.76. The Hall–Kier alpha value is -7.21. The van der Waals surface area contributed by atoms with Crippen molar-refractivity contribution in [3.8, 4) is 45.3 Å². The van der Waals surface area contributed by atoms with Gasteiger partial charge in [0, 0.05) is 53.2 Å². The van der Waals surface area contributed by atoms with Gasteiger partial charge in [-0.1, -0.05) is 140 Å². The molecular formula is C51H29N3OS. The lowest BCUT2D eigenvalue weighted by Crippen LogP contribution is -2.00. The van der Waals surface area contributed by atoms with Gasteiger partial charge in [-0.2, -0.15) is 0 Å². The van der Waals surface area contributed by atoms with Crippen LogP contribution < -0.4 is 0 Å². The molecule has 3 aromatic heterocycles. The van der Waals surface area contributed by atoms with Crippen molar-refractivity contribution in [3.05, 3.63) is 176 Å². The van der Waals surface area contributed by atoms with E-state index in [1.54, 1.807) is 0 Å². The number of hydrogen-bond acceptors (Lipinski definition) is 5. The second kappa shape index (κ2) is 12.2. The minimum Gasteiger partial charge on any atom is -0.456 e. The first-order chi connectivity index (χ1) is 27.7. The molecule has 4 nitrogen and oxygen atoms in total. The molecule has 0 saturated heterocycles. The number of furan rings is 1. The quantitative estimate of drug-likeness (QED) is 0.181. The van der Waals surface area contributed by atoms with Gasteiger partial charge in [0.05, 0.1) is 0 Å². The summed E-state index contributed by atoms with van der Waals surface area (Å²) in [7, 11) is 0. The third kappa shape index (κ3) is 4.88. The van der Waals surface area contributed by atoms with Gasteiger partial charge in [-0.15, -0.1) is 11.3 Å². The lowest BCUT2D eigenvalue weighted by molar-refractivity contribution is 0.669. The lowest BCUT2D eigenvalue weighted by atomic mass is 9.95. The first-order valence-corrected chi connectivity index (χ1v) is 19.6. The minimum atomic E-state index is 0.598. The molecule has 0 radical (unpaired) electrons. The van der Waals surface area contributed by atoms with Crippen LogP contribution in [0.3, 0.4) is 0 Å². The smallest absolute Gasteiger partial charge is 0.164 e. The van der Waals surface area contributed by atoms with Gasteiger partial charge < -0.3 is 4.42 Å². The molecule has 5 heteroatoms. The molecule has 0 aliphatic heterocycles. The molecule has 0 saturated carbocycles. The fourth-order valence-corrected chi connectivity index (χ4v) is 9.64. The van der Waals surface area contributed by atoms with Gasteiger partial charge in [-0.3, -0.25) is 0 Å². The first-order valence-electron chi connectivity index (χ1n) is 18.8. The van der Waals surface area contributed by atoms with Crippen LogP contribution in [0.1, 0.15) is 0 Å². The van der Waals surface area contributed by atoms with Crippen LogP contribution >= 0.6 is 11.3 Å². The molecule has 9 aromatic carbocycles. The molecule has 0 amide bonds. The Balaban J connectivity index is 1.11. The van der Waals surface area contributed by atoms with E-state index in [-0.39, 0.29) is 0 Å². The van der Waals surface area contributed by atoms with Crippen molar-refractivity contribution < 1.29 is 4.42 Å². The summed E-state index contributed by atoms with van der Waals surface area (Å²) in [6, 6.07) is 62.1. The van der Waals surface area contributed by atoms with Gasteiger partial charge in [0.25, 0.3) is 0 Å². The molecule has 0 atom stereocenters. The maximum absolute atomic E-state index is 6.66. The van der Waals surface area contributed by atoms with Crippen LogP contribution in [0.15, 0.2) is 180 Å². The Bertz CT molecular complexity index is 3460. The Morgan fingerprint density at radius 2 is 0.857 bits per heavy atom. The standard InChI is InChI=1S/C51H29N3OS/c1-3-12-32-26-36(24-22-30(32)10-1)49-52-50(37-25-23-31-11-2-4-13-33(31)27-37)54-51(53-49)41-19-9-21-44-47(41)46-38(16-8-20-43(46)55-44)39-17-7-18-40-42-28-34-14-5-6-15-35(34)29-45(42)56-48(39)40/h1-29H. The van der Waals surface area contributed by atoms with Crippen molar-refractivity contribution in [2.75, 3.05) is 0 Å². The molecule has 0 bridgehead atoms. The third-order valence-corrected chi connectivity index (χ3v) is 12.3. The zero-order chi connectivity index (χ0) is 36.7. The molecule has 12 aromatic rings.